The van der Waals surface area contributed by atoms with Gasteiger partial charge in [-0.1, -0.05) is 11.6 Å². The minimum Gasteiger partial charge on any atom is -0.480 e. The van der Waals surface area contributed by atoms with E-state index in [1.807, 2.05) is 0 Å². The second-order valence-corrected chi connectivity index (χ2v) is 8.23. The number of rotatable bonds is 2. The molecule has 1 saturated heterocycles. The number of halogens is 1. The molecule has 5 nitrogen and oxygen atoms in total. The third kappa shape index (κ3) is 2.87. The molecule has 0 spiro atoms. The zero-order chi connectivity index (χ0) is 15.2. The van der Waals surface area contributed by atoms with Crippen LogP contribution < -0.4 is 4.74 Å². The summed E-state index contributed by atoms with van der Waals surface area (Å²) in [7, 11) is -1.36. The second-order valence-electron chi connectivity index (χ2n) is 5.57. The lowest BCUT2D eigenvalue weighted by atomic mass is 10.1. The minimum absolute atomic E-state index is 0.0424. The molecule has 0 bridgehead atoms. The molecule has 0 saturated carbocycles. The van der Waals surface area contributed by atoms with Crippen molar-refractivity contribution in [1.29, 1.82) is 0 Å². The molecule has 2 heterocycles. The van der Waals surface area contributed by atoms with Crippen molar-refractivity contribution in [3.05, 3.63) is 28.8 Å². The number of hydrogen-bond acceptors (Lipinski definition) is 4. The van der Waals surface area contributed by atoms with Crippen LogP contribution >= 0.6 is 11.6 Å². The minimum atomic E-state index is -3.01. The number of carbonyl (C=O) groups excluding carboxylic acids is 1. The topological polar surface area (TPSA) is 63.7 Å². The van der Waals surface area contributed by atoms with Crippen LogP contribution in [0.1, 0.15) is 12.0 Å². The summed E-state index contributed by atoms with van der Waals surface area (Å²) in [5, 5.41) is 0.612. The zero-order valence-corrected chi connectivity index (χ0v) is 13.2. The molecule has 1 amide bonds. The molecule has 0 radical (unpaired) electrons. The Morgan fingerprint density at radius 1 is 1.43 bits per heavy atom. The van der Waals surface area contributed by atoms with Crippen molar-refractivity contribution in [3.63, 3.8) is 0 Å². The van der Waals surface area contributed by atoms with Crippen molar-refractivity contribution in [2.45, 2.75) is 25.0 Å². The molecule has 1 aromatic rings. The van der Waals surface area contributed by atoms with Gasteiger partial charge in [-0.05, 0) is 30.2 Å². The standard InChI is InChI=1S/C14H16ClNO4S/c1-16(11-4-5-21(18,19)8-11)14(17)13-7-9-6-10(15)2-3-12(9)20-13/h2-3,6,11,13H,4-5,7-8H2,1H3. The summed E-state index contributed by atoms with van der Waals surface area (Å²) in [6.45, 7) is 0. The summed E-state index contributed by atoms with van der Waals surface area (Å²) in [5.41, 5.74) is 0.910. The highest BCUT2D eigenvalue weighted by Gasteiger charge is 2.37. The number of carbonyl (C=O) groups is 1. The van der Waals surface area contributed by atoms with Crippen LogP contribution in [0.25, 0.3) is 0 Å². The molecule has 0 aliphatic carbocycles. The smallest absolute Gasteiger partial charge is 0.264 e. The average Bonchev–Trinajstić information content (AvgIpc) is 2.99. The number of likely N-dealkylation sites (N-methyl/N-ethyl adjacent to an activating group) is 1. The van der Waals surface area contributed by atoms with Gasteiger partial charge < -0.3 is 9.64 Å². The fourth-order valence-corrected chi connectivity index (χ4v) is 4.81. The Bertz CT molecular complexity index is 688. The average molecular weight is 330 g/mol. The molecule has 114 valence electrons. The normalized spacial score (nSPS) is 26.2. The van der Waals surface area contributed by atoms with Crippen LogP contribution in [-0.2, 0) is 21.1 Å². The number of hydrogen-bond donors (Lipinski definition) is 0. The van der Waals surface area contributed by atoms with Gasteiger partial charge in [-0.25, -0.2) is 8.42 Å². The van der Waals surface area contributed by atoms with Gasteiger partial charge >= 0.3 is 0 Å². The molecule has 7 heteroatoms. The van der Waals surface area contributed by atoms with Gasteiger partial charge in [0.25, 0.3) is 5.91 Å². The van der Waals surface area contributed by atoms with E-state index in [0.29, 0.717) is 23.6 Å². The molecule has 2 unspecified atom stereocenters. The summed E-state index contributed by atoms with van der Waals surface area (Å²) in [5.74, 6) is 0.687. The van der Waals surface area contributed by atoms with Gasteiger partial charge in [-0.15, -0.1) is 0 Å². The van der Waals surface area contributed by atoms with Crippen LogP contribution in [-0.4, -0.2) is 49.9 Å². The fraction of sp³-hybridized carbons (Fsp3) is 0.500. The summed E-state index contributed by atoms with van der Waals surface area (Å²) >= 11 is 5.93. The van der Waals surface area contributed by atoms with E-state index >= 15 is 0 Å². The number of nitrogens with zero attached hydrogens (tertiary/aromatic N) is 1. The third-order valence-corrected chi connectivity index (χ3v) is 6.06. The fourth-order valence-electron chi connectivity index (χ4n) is 2.84. The van der Waals surface area contributed by atoms with Gasteiger partial charge in [-0.3, -0.25) is 4.79 Å². The van der Waals surface area contributed by atoms with Gasteiger partial charge in [0.05, 0.1) is 11.5 Å². The molecule has 21 heavy (non-hydrogen) atoms. The van der Waals surface area contributed by atoms with E-state index in [9.17, 15) is 13.2 Å². The summed E-state index contributed by atoms with van der Waals surface area (Å²) in [4.78, 5) is 14.0. The number of sulfone groups is 1. The van der Waals surface area contributed by atoms with E-state index in [2.05, 4.69) is 0 Å². The Labute approximate surface area is 128 Å². The van der Waals surface area contributed by atoms with E-state index in [1.165, 1.54) is 4.90 Å². The number of ether oxygens (including phenoxy) is 1. The highest BCUT2D eigenvalue weighted by Crippen LogP contribution is 2.32. The van der Waals surface area contributed by atoms with Crippen LogP contribution in [0.5, 0.6) is 5.75 Å². The van der Waals surface area contributed by atoms with Gasteiger partial charge in [0, 0.05) is 24.5 Å². The zero-order valence-electron chi connectivity index (χ0n) is 11.6. The van der Waals surface area contributed by atoms with Crippen molar-refractivity contribution in [2.24, 2.45) is 0 Å². The molecular formula is C14H16ClNO4S. The summed E-state index contributed by atoms with van der Waals surface area (Å²) in [6.07, 6.45) is 0.376. The molecule has 2 aliphatic rings. The largest absolute Gasteiger partial charge is 0.480 e. The molecule has 3 rings (SSSR count). The Balaban J connectivity index is 1.70. The first kappa shape index (κ1) is 14.7. The number of benzene rings is 1. The molecule has 1 aromatic carbocycles. The molecule has 1 fully saturated rings. The Morgan fingerprint density at radius 3 is 2.86 bits per heavy atom. The van der Waals surface area contributed by atoms with Crippen LogP contribution in [0.4, 0.5) is 0 Å². The predicted octanol–water partition coefficient (Wildman–Crippen LogP) is 1.29. The van der Waals surface area contributed by atoms with Gasteiger partial charge in [0.1, 0.15) is 5.75 Å². The quantitative estimate of drug-likeness (QED) is 0.820. The van der Waals surface area contributed by atoms with E-state index in [1.54, 1.807) is 25.2 Å². The van der Waals surface area contributed by atoms with E-state index in [-0.39, 0.29) is 23.5 Å². The Kier molecular flexibility index (Phi) is 3.61. The molecule has 2 aliphatic heterocycles. The van der Waals surface area contributed by atoms with Crippen LogP contribution in [0.15, 0.2) is 18.2 Å². The van der Waals surface area contributed by atoms with Crippen molar-refractivity contribution < 1.29 is 17.9 Å². The van der Waals surface area contributed by atoms with Crippen molar-refractivity contribution >= 4 is 27.3 Å². The maximum Gasteiger partial charge on any atom is 0.264 e. The van der Waals surface area contributed by atoms with Crippen LogP contribution in [0, 0.1) is 0 Å². The monoisotopic (exact) mass is 329 g/mol. The Hall–Kier alpha value is -1.27. The van der Waals surface area contributed by atoms with Crippen LogP contribution in [0.3, 0.4) is 0 Å². The van der Waals surface area contributed by atoms with Crippen molar-refractivity contribution in [3.8, 4) is 5.75 Å². The van der Waals surface area contributed by atoms with E-state index < -0.39 is 15.9 Å². The lowest BCUT2D eigenvalue weighted by Crippen LogP contribution is -2.45. The second kappa shape index (κ2) is 5.18. The van der Waals surface area contributed by atoms with E-state index in [0.717, 1.165) is 5.56 Å². The molecular weight excluding hydrogens is 314 g/mol. The molecule has 0 aromatic heterocycles. The summed E-state index contributed by atoms with van der Waals surface area (Å²) in [6, 6.07) is 5.02. The highest BCUT2D eigenvalue weighted by atomic mass is 35.5. The van der Waals surface area contributed by atoms with Crippen molar-refractivity contribution in [2.75, 3.05) is 18.6 Å². The van der Waals surface area contributed by atoms with Crippen LogP contribution in [0.2, 0.25) is 5.02 Å². The highest BCUT2D eigenvalue weighted by molar-refractivity contribution is 7.91. The van der Waals surface area contributed by atoms with Gasteiger partial charge in [0.2, 0.25) is 0 Å². The first-order chi connectivity index (χ1) is 9.85. The number of fused-ring (bicyclic) bond motifs is 1. The summed E-state index contributed by atoms with van der Waals surface area (Å²) < 4.78 is 28.7. The van der Waals surface area contributed by atoms with Crippen molar-refractivity contribution in [1.82, 2.24) is 4.90 Å². The molecule has 0 N–H and O–H groups in total. The first-order valence-corrected chi connectivity index (χ1v) is 8.98. The first-order valence-electron chi connectivity index (χ1n) is 6.78. The lowest BCUT2D eigenvalue weighted by molar-refractivity contribution is -0.138. The maximum absolute atomic E-state index is 12.5. The predicted molar refractivity (Wildman–Crippen MR) is 79.4 cm³/mol. The molecule has 2 atom stereocenters. The van der Waals surface area contributed by atoms with Gasteiger partial charge in [-0.2, -0.15) is 0 Å². The Morgan fingerprint density at radius 2 is 2.19 bits per heavy atom. The lowest BCUT2D eigenvalue weighted by Gasteiger charge is -2.25. The number of amides is 1. The maximum atomic E-state index is 12.5. The third-order valence-electron chi connectivity index (χ3n) is 4.08. The van der Waals surface area contributed by atoms with Gasteiger partial charge in [0.15, 0.2) is 15.9 Å². The van der Waals surface area contributed by atoms with E-state index in [4.69, 9.17) is 16.3 Å². The SMILES string of the molecule is CN(C(=O)C1Cc2cc(Cl)ccc2O1)C1CCS(=O)(=O)C1.